The van der Waals surface area contributed by atoms with Crippen LogP contribution in [0.5, 0.6) is 5.75 Å². The fraction of sp³-hybridized carbons (Fsp3) is 0.143. The molecule has 0 unspecified atom stereocenters. The van der Waals surface area contributed by atoms with Crippen molar-refractivity contribution < 1.29 is 10.2 Å². The average Bonchev–Trinajstić information content (AvgIpc) is 2.33. The highest BCUT2D eigenvalue weighted by Gasteiger charge is 2.06. The Kier molecular flexibility index (Phi) is 1.78. The Hall–Kier alpha value is -1.22. The molecule has 0 saturated carbocycles. The van der Waals surface area contributed by atoms with Crippen LogP contribution in [0.2, 0.25) is 0 Å². The zero-order chi connectivity index (χ0) is 6.10. The van der Waals surface area contributed by atoms with E-state index >= 15 is 0 Å². The van der Waals surface area contributed by atoms with Crippen molar-refractivity contribution in [1.29, 1.82) is 0 Å². The predicted octanol–water partition coefficient (Wildman–Crippen LogP) is 0.624. The lowest BCUT2D eigenvalue weighted by molar-refractivity contribution is 0.372. The maximum absolute atomic E-state index is 5.19. The predicted molar refractivity (Wildman–Crippen MR) is 39.2 cm³/mol. The summed E-state index contributed by atoms with van der Waals surface area (Å²) < 4.78 is 5.19. The van der Waals surface area contributed by atoms with Gasteiger partial charge < -0.3 is 15.5 Å². The zero-order valence-electron chi connectivity index (χ0n) is 5.42. The molecule has 2 rings (SSSR count). The molecule has 1 heterocycles. The summed E-state index contributed by atoms with van der Waals surface area (Å²) in [6.45, 7) is 0.610. The first-order valence-electron chi connectivity index (χ1n) is 2.92. The Morgan fingerprint density at radius 2 is 2.10 bits per heavy atom. The Bertz CT molecular complexity index is 202. The lowest BCUT2D eigenvalue weighted by Gasteiger charge is -1.91. The number of benzene rings is 1. The third kappa shape index (κ3) is 0.910. The van der Waals surface area contributed by atoms with Crippen molar-refractivity contribution in [2.75, 3.05) is 12.0 Å². The maximum Gasteiger partial charge on any atom is 0.159 e. The molecular formula is C7H9NO2. The molecule has 3 heteroatoms. The van der Waals surface area contributed by atoms with E-state index in [1.165, 1.54) is 0 Å². The van der Waals surface area contributed by atoms with Gasteiger partial charge in [0.05, 0.1) is 5.69 Å². The zero-order valence-corrected chi connectivity index (χ0v) is 5.42. The third-order valence-corrected chi connectivity index (χ3v) is 1.38. The van der Waals surface area contributed by atoms with Crippen molar-refractivity contribution in [1.82, 2.24) is 0 Å². The van der Waals surface area contributed by atoms with Crippen molar-refractivity contribution in [3.63, 3.8) is 0 Å². The van der Waals surface area contributed by atoms with Crippen molar-refractivity contribution >= 4 is 5.69 Å². The van der Waals surface area contributed by atoms with E-state index in [1.54, 1.807) is 0 Å². The molecule has 3 nitrogen and oxygen atoms in total. The highest BCUT2D eigenvalue weighted by Crippen LogP contribution is 2.27. The second-order valence-electron chi connectivity index (χ2n) is 1.96. The number of fused-ring (bicyclic) bond motifs is 1. The second-order valence-corrected chi connectivity index (χ2v) is 1.96. The van der Waals surface area contributed by atoms with Crippen LogP contribution in [0.15, 0.2) is 24.3 Å². The fourth-order valence-corrected chi connectivity index (χ4v) is 0.930. The summed E-state index contributed by atoms with van der Waals surface area (Å²) in [7, 11) is 0. The molecule has 0 fully saturated rings. The Morgan fingerprint density at radius 3 is 2.90 bits per heavy atom. The monoisotopic (exact) mass is 139 g/mol. The molecule has 1 aliphatic rings. The molecule has 0 radical (unpaired) electrons. The van der Waals surface area contributed by atoms with Crippen LogP contribution in [0.3, 0.4) is 0 Å². The van der Waals surface area contributed by atoms with Crippen molar-refractivity contribution in [2.24, 2.45) is 0 Å². The molecule has 0 amide bonds. The van der Waals surface area contributed by atoms with E-state index in [0.717, 1.165) is 11.4 Å². The first-order valence-corrected chi connectivity index (χ1v) is 2.92. The molecule has 0 aromatic heterocycles. The number of nitrogens with one attached hydrogen (secondary N) is 1. The van der Waals surface area contributed by atoms with Crippen LogP contribution >= 0.6 is 0 Å². The average molecular weight is 139 g/mol. The first-order chi connectivity index (χ1) is 4.47. The van der Waals surface area contributed by atoms with Gasteiger partial charge in [-0.1, -0.05) is 12.1 Å². The Labute approximate surface area is 58.9 Å². The second kappa shape index (κ2) is 2.58. The summed E-state index contributed by atoms with van der Waals surface area (Å²) in [5.41, 5.74) is 1.09. The van der Waals surface area contributed by atoms with Crippen LogP contribution < -0.4 is 10.1 Å². The number of anilines is 1. The van der Waals surface area contributed by atoms with E-state index in [0.29, 0.717) is 6.73 Å². The van der Waals surface area contributed by atoms with Gasteiger partial charge in [0.15, 0.2) is 6.73 Å². The van der Waals surface area contributed by atoms with E-state index in [-0.39, 0.29) is 5.48 Å². The van der Waals surface area contributed by atoms with Crippen LogP contribution in [0, 0.1) is 0 Å². The normalized spacial score (nSPS) is 12.4. The highest BCUT2D eigenvalue weighted by atomic mass is 16.5. The first kappa shape index (κ1) is 6.89. The Morgan fingerprint density at radius 1 is 1.30 bits per heavy atom. The van der Waals surface area contributed by atoms with E-state index in [4.69, 9.17) is 4.74 Å². The number of hydrogen-bond acceptors (Lipinski definition) is 2. The number of para-hydroxylation sites is 2. The molecule has 0 atom stereocenters. The standard InChI is InChI=1S/C7H7NO.H2O/c1-2-4-7-6(3-1)8-5-9-7;/h1-4,8H,5H2;1H2. The lowest BCUT2D eigenvalue weighted by Crippen LogP contribution is -1.96. The lowest BCUT2D eigenvalue weighted by atomic mass is 10.3. The van der Waals surface area contributed by atoms with Crippen LogP contribution in [0.1, 0.15) is 0 Å². The SMILES string of the molecule is O.c1ccc2c(c1)NCO2. The summed E-state index contributed by atoms with van der Waals surface area (Å²) in [5, 5.41) is 3.08. The van der Waals surface area contributed by atoms with Gasteiger partial charge in [-0.2, -0.15) is 0 Å². The third-order valence-electron chi connectivity index (χ3n) is 1.38. The van der Waals surface area contributed by atoms with E-state index < -0.39 is 0 Å². The van der Waals surface area contributed by atoms with Gasteiger partial charge in [-0.3, -0.25) is 0 Å². The number of hydrogen-bond donors (Lipinski definition) is 1. The van der Waals surface area contributed by atoms with Crippen molar-refractivity contribution in [3.8, 4) is 5.75 Å². The summed E-state index contributed by atoms with van der Waals surface area (Å²) in [5.74, 6) is 0.956. The van der Waals surface area contributed by atoms with Gasteiger partial charge >= 0.3 is 0 Å². The molecule has 3 N–H and O–H groups in total. The smallest absolute Gasteiger partial charge is 0.159 e. The molecule has 1 aromatic carbocycles. The molecule has 0 saturated heterocycles. The van der Waals surface area contributed by atoms with Gasteiger partial charge in [-0.05, 0) is 12.1 Å². The molecule has 10 heavy (non-hydrogen) atoms. The highest BCUT2D eigenvalue weighted by molar-refractivity contribution is 5.58. The molecule has 1 aliphatic heterocycles. The number of ether oxygens (including phenoxy) is 1. The van der Waals surface area contributed by atoms with Crippen LogP contribution in [-0.4, -0.2) is 12.2 Å². The van der Waals surface area contributed by atoms with Crippen LogP contribution in [-0.2, 0) is 0 Å². The maximum atomic E-state index is 5.19. The Balaban J connectivity index is 0.000000500. The van der Waals surface area contributed by atoms with E-state index in [2.05, 4.69) is 5.32 Å². The van der Waals surface area contributed by atoms with Gasteiger partial charge in [0.25, 0.3) is 0 Å². The van der Waals surface area contributed by atoms with E-state index in [1.807, 2.05) is 24.3 Å². The molecular weight excluding hydrogens is 130 g/mol. The van der Waals surface area contributed by atoms with Crippen LogP contribution in [0.4, 0.5) is 5.69 Å². The quantitative estimate of drug-likeness (QED) is 0.573. The minimum atomic E-state index is 0. The molecule has 0 aliphatic carbocycles. The summed E-state index contributed by atoms with van der Waals surface area (Å²) in [4.78, 5) is 0. The topological polar surface area (TPSA) is 52.8 Å². The molecule has 54 valence electrons. The summed E-state index contributed by atoms with van der Waals surface area (Å²) in [6, 6.07) is 7.91. The molecule has 0 spiro atoms. The summed E-state index contributed by atoms with van der Waals surface area (Å²) in [6.07, 6.45) is 0. The van der Waals surface area contributed by atoms with E-state index in [9.17, 15) is 0 Å². The van der Waals surface area contributed by atoms with Gasteiger partial charge in [0.2, 0.25) is 0 Å². The largest absolute Gasteiger partial charge is 0.471 e. The fourth-order valence-electron chi connectivity index (χ4n) is 0.930. The summed E-state index contributed by atoms with van der Waals surface area (Å²) >= 11 is 0. The van der Waals surface area contributed by atoms with Gasteiger partial charge in [0, 0.05) is 0 Å². The molecule has 1 aromatic rings. The van der Waals surface area contributed by atoms with Crippen molar-refractivity contribution in [3.05, 3.63) is 24.3 Å². The molecule has 0 bridgehead atoms. The van der Waals surface area contributed by atoms with Gasteiger partial charge in [0.1, 0.15) is 5.75 Å². The minimum Gasteiger partial charge on any atom is -0.471 e. The van der Waals surface area contributed by atoms with Gasteiger partial charge in [-0.25, -0.2) is 0 Å². The van der Waals surface area contributed by atoms with Crippen LogP contribution in [0.25, 0.3) is 0 Å². The van der Waals surface area contributed by atoms with Gasteiger partial charge in [-0.15, -0.1) is 0 Å². The minimum absolute atomic E-state index is 0. The van der Waals surface area contributed by atoms with Crippen molar-refractivity contribution in [2.45, 2.75) is 0 Å². The number of rotatable bonds is 0.